The number of ether oxygens (including phenoxy) is 1. The molecule has 5 atom stereocenters. The first-order valence-electron chi connectivity index (χ1n) is 11.4. The van der Waals surface area contributed by atoms with E-state index in [0.29, 0.717) is 11.8 Å². The van der Waals surface area contributed by atoms with Crippen molar-refractivity contribution in [2.45, 2.75) is 45.1 Å². The van der Waals surface area contributed by atoms with E-state index in [-0.39, 0.29) is 23.4 Å². The Morgan fingerprint density at radius 3 is 2.69 bits per heavy atom. The molecule has 2 saturated carbocycles. The Hall–Kier alpha value is -1.81. The maximum atomic E-state index is 12.8. The summed E-state index contributed by atoms with van der Waals surface area (Å²) in [6.07, 6.45) is 5.92. The van der Waals surface area contributed by atoms with Crippen LogP contribution in [-0.2, 0) is 9.53 Å². The molecule has 29 heavy (non-hydrogen) atoms. The van der Waals surface area contributed by atoms with E-state index < -0.39 is 0 Å². The zero-order valence-electron chi connectivity index (χ0n) is 17.7. The minimum absolute atomic E-state index is 0.0440. The third-order valence-corrected chi connectivity index (χ3v) is 8.27. The Morgan fingerprint density at radius 1 is 1.17 bits per heavy atom. The van der Waals surface area contributed by atoms with Gasteiger partial charge in [0, 0.05) is 44.3 Å². The third kappa shape index (κ3) is 3.50. The summed E-state index contributed by atoms with van der Waals surface area (Å²) in [5.74, 6) is 1.05. The molecule has 4 nitrogen and oxygen atoms in total. The number of fused-ring (bicyclic) bond motifs is 2. The summed E-state index contributed by atoms with van der Waals surface area (Å²) >= 11 is 0. The number of para-hydroxylation sites is 1. The van der Waals surface area contributed by atoms with Gasteiger partial charge in [0.2, 0.25) is 0 Å². The number of carbonyl (C=O) groups is 1. The Bertz CT molecular complexity index is 770. The number of rotatable bonds is 3. The molecule has 0 unspecified atom stereocenters. The van der Waals surface area contributed by atoms with Crippen molar-refractivity contribution in [2.24, 2.45) is 23.2 Å². The van der Waals surface area contributed by atoms with Gasteiger partial charge in [-0.25, -0.2) is 0 Å². The molecule has 0 aromatic heterocycles. The monoisotopic (exact) mass is 394 g/mol. The van der Waals surface area contributed by atoms with E-state index in [4.69, 9.17) is 4.74 Å². The first-order valence-corrected chi connectivity index (χ1v) is 11.4. The molecule has 4 heteroatoms. The standard InChI is InChI=1S/C25H34N2O2/c1-18-7-6-10-25(2)16-23-20(15-22(18)25)21(24(28)29-23)17-26-11-13-27(14-12-26)19-8-4-3-5-9-19/h3-5,8-9,20-23H,1,6-7,10-17H2,2H3/t20-,21-,22-,23+,25-/m0/s1. The van der Waals surface area contributed by atoms with Gasteiger partial charge in [-0.2, -0.15) is 0 Å². The first-order chi connectivity index (χ1) is 14.0. The molecule has 5 rings (SSSR count). The molecule has 0 N–H and O–H groups in total. The minimum Gasteiger partial charge on any atom is -0.462 e. The van der Waals surface area contributed by atoms with Crippen LogP contribution in [0, 0.1) is 23.2 Å². The molecule has 4 aliphatic rings. The van der Waals surface area contributed by atoms with Gasteiger partial charge in [0.05, 0.1) is 5.92 Å². The SMILES string of the molecule is C=C1CCC[C@@]2(C)C[C@H]3OC(=O)[C@@H](CN4CCN(c5ccccc5)CC4)[C@@H]3C[C@@H]12. The van der Waals surface area contributed by atoms with Crippen LogP contribution < -0.4 is 4.90 Å². The molecule has 2 aliphatic carbocycles. The molecule has 1 aromatic rings. The lowest BCUT2D eigenvalue weighted by Crippen LogP contribution is -2.50. The van der Waals surface area contributed by atoms with Gasteiger partial charge in [0.15, 0.2) is 0 Å². The lowest BCUT2D eigenvalue weighted by Gasteiger charge is -2.50. The van der Waals surface area contributed by atoms with Gasteiger partial charge >= 0.3 is 5.97 Å². The molecule has 0 radical (unpaired) electrons. The summed E-state index contributed by atoms with van der Waals surface area (Å²) in [5.41, 5.74) is 3.01. The number of hydrogen-bond acceptors (Lipinski definition) is 4. The van der Waals surface area contributed by atoms with Gasteiger partial charge < -0.3 is 9.64 Å². The Balaban J connectivity index is 1.23. The maximum absolute atomic E-state index is 12.8. The highest BCUT2D eigenvalue weighted by Crippen LogP contribution is 2.56. The summed E-state index contributed by atoms with van der Waals surface area (Å²) in [5, 5.41) is 0. The molecular formula is C25H34N2O2. The number of allylic oxidation sites excluding steroid dienone is 1. The predicted molar refractivity (Wildman–Crippen MR) is 116 cm³/mol. The van der Waals surface area contributed by atoms with E-state index in [0.717, 1.165) is 45.6 Å². The van der Waals surface area contributed by atoms with E-state index >= 15 is 0 Å². The van der Waals surface area contributed by atoms with Crippen molar-refractivity contribution in [1.29, 1.82) is 0 Å². The van der Waals surface area contributed by atoms with Crippen LogP contribution in [0.5, 0.6) is 0 Å². The molecule has 156 valence electrons. The second kappa shape index (κ2) is 7.46. The zero-order valence-corrected chi connectivity index (χ0v) is 17.7. The highest BCUT2D eigenvalue weighted by molar-refractivity contribution is 5.75. The predicted octanol–water partition coefficient (Wildman–Crippen LogP) is 4.12. The van der Waals surface area contributed by atoms with E-state index in [9.17, 15) is 4.79 Å². The second-order valence-electron chi connectivity index (χ2n) is 10.0. The molecule has 0 bridgehead atoms. The Morgan fingerprint density at radius 2 is 1.93 bits per heavy atom. The van der Waals surface area contributed by atoms with Gasteiger partial charge in [-0.3, -0.25) is 9.69 Å². The van der Waals surface area contributed by atoms with E-state index in [1.165, 1.54) is 30.5 Å². The van der Waals surface area contributed by atoms with Crippen molar-refractivity contribution in [3.63, 3.8) is 0 Å². The number of hydrogen-bond donors (Lipinski definition) is 0. The number of anilines is 1. The molecule has 2 heterocycles. The van der Waals surface area contributed by atoms with Crippen molar-refractivity contribution in [1.82, 2.24) is 4.90 Å². The fourth-order valence-electron chi connectivity index (χ4n) is 6.57. The molecule has 0 spiro atoms. The zero-order chi connectivity index (χ0) is 20.0. The van der Waals surface area contributed by atoms with Crippen LogP contribution in [0.1, 0.15) is 39.0 Å². The van der Waals surface area contributed by atoms with Crippen molar-refractivity contribution >= 4 is 11.7 Å². The van der Waals surface area contributed by atoms with Crippen LogP contribution >= 0.6 is 0 Å². The van der Waals surface area contributed by atoms with Crippen molar-refractivity contribution in [2.75, 3.05) is 37.6 Å². The molecule has 0 amide bonds. The third-order valence-electron chi connectivity index (χ3n) is 8.27. The number of piperazine rings is 1. The number of benzene rings is 1. The second-order valence-corrected chi connectivity index (χ2v) is 10.0. The van der Waals surface area contributed by atoms with Crippen molar-refractivity contribution in [3.05, 3.63) is 42.5 Å². The minimum atomic E-state index is 0.0440. The largest absolute Gasteiger partial charge is 0.462 e. The van der Waals surface area contributed by atoms with Crippen LogP contribution in [0.15, 0.2) is 42.5 Å². The fourth-order valence-corrected chi connectivity index (χ4v) is 6.57. The number of carbonyl (C=O) groups excluding carboxylic acids is 1. The van der Waals surface area contributed by atoms with Crippen molar-refractivity contribution < 1.29 is 9.53 Å². The molecular weight excluding hydrogens is 360 g/mol. The molecule has 2 saturated heterocycles. The van der Waals surface area contributed by atoms with Crippen molar-refractivity contribution in [3.8, 4) is 0 Å². The summed E-state index contributed by atoms with van der Waals surface area (Å²) in [6.45, 7) is 11.8. The summed E-state index contributed by atoms with van der Waals surface area (Å²) in [7, 11) is 0. The maximum Gasteiger partial charge on any atom is 0.310 e. The normalized spacial score (nSPS) is 37.8. The van der Waals surface area contributed by atoms with Gasteiger partial charge in [-0.15, -0.1) is 0 Å². The first kappa shape index (κ1) is 19.2. The average Bonchev–Trinajstić information content (AvgIpc) is 3.01. The Labute approximate surface area is 174 Å². The van der Waals surface area contributed by atoms with E-state index in [1.807, 2.05) is 0 Å². The lowest BCUT2D eigenvalue weighted by molar-refractivity contribution is -0.146. The molecule has 4 fully saturated rings. The summed E-state index contributed by atoms with van der Waals surface area (Å²) in [4.78, 5) is 17.7. The van der Waals surface area contributed by atoms with Gasteiger partial charge in [0.25, 0.3) is 0 Å². The fraction of sp³-hybridized carbons (Fsp3) is 0.640. The van der Waals surface area contributed by atoms with E-state index in [1.54, 1.807) is 0 Å². The average molecular weight is 395 g/mol. The number of esters is 1. The van der Waals surface area contributed by atoms with Crippen LogP contribution in [0.3, 0.4) is 0 Å². The Kier molecular flexibility index (Phi) is 4.93. The topological polar surface area (TPSA) is 32.8 Å². The van der Waals surface area contributed by atoms with Crippen LogP contribution in [0.2, 0.25) is 0 Å². The van der Waals surface area contributed by atoms with Crippen LogP contribution in [-0.4, -0.2) is 49.7 Å². The molecule has 1 aromatic carbocycles. The highest BCUT2D eigenvalue weighted by Gasteiger charge is 2.55. The smallest absolute Gasteiger partial charge is 0.310 e. The number of nitrogens with zero attached hydrogens (tertiary/aromatic N) is 2. The van der Waals surface area contributed by atoms with E-state index in [2.05, 4.69) is 53.6 Å². The van der Waals surface area contributed by atoms with Gasteiger partial charge in [0.1, 0.15) is 6.10 Å². The summed E-state index contributed by atoms with van der Waals surface area (Å²) < 4.78 is 5.95. The summed E-state index contributed by atoms with van der Waals surface area (Å²) in [6, 6.07) is 10.6. The highest BCUT2D eigenvalue weighted by atomic mass is 16.6. The van der Waals surface area contributed by atoms with Crippen LogP contribution in [0.25, 0.3) is 0 Å². The molecule has 2 aliphatic heterocycles. The van der Waals surface area contributed by atoms with Gasteiger partial charge in [-0.05, 0) is 55.6 Å². The lowest BCUT2D eigenvalue weighted by atomic mass is 9.55. The van der Waals surface area contributed by atoms with Crippen LogP contribution in [0.4, 0.5) is 5.69 Å². The quantitative estimate of drug-likeness (QED) is 0.570. The van der Waals surface area contributed by atoms with Gasteiger partial charge in [-0.1, -0.05) is 37.3 Å².